The van der Waals surface area contributed by atoms with Gasteiger partial charge in [-0.3, -0.25) is 9.59 Å². The summed E-state index contributed by atoms with van der Waals surface area (Å²) in [7, 11) is 0. The highest BCUT2D eigenvalue weighted by atomic mass is 32.2. The van der Waals surface area contributed by atoms with Crippen molar-refractivity contribution >= 4 is 17.7 Å². The van der Waals surface area contributed by atoms with Crippen LogP contribution in [0.4, 0.5) is 0 Å². The Kier molecular flexibility index (Phi) is 6.42. The van der Waals surface area contributed by atoms with Gasteiger partial charge in [-0.1, -0.05) is 13.8 Å². The van der Waals surface area contributed by atoms with Crippen LogP contribution in [0.15, 0.2) is 4.79 Å². The first kappa shape index (κ1) is 17.7. The topological polar surface area (TPSA) is 95.1 Å². The molecule has 3 N–H and O–H groups in total. The lowest BCUT2D eigenvalue weighted by Gasteiger charge is -2.21. The Morgan fingerprint density at radius 1 is 1.43 bits per heavy atom. The highest BCUT2D eigenvalue weighted by molar-refractivity contribution is 7.99. The Bertz CT molecular complexity index is 553. The summed E-state index contributed by atoms with van der Waals surface area (Å²) in [6.07, 6.45) is 1.86. The summed E-state index contributed by atoms with van der Waals surface area (Å²) in [5.74, 6) is 0.193. The highest BCUT2D eigenvalue weighted by Gasteiger charge is 2.22. The van der Waals surface area contributed by atoms with Crippen LogP contribution in [0.3, 0.4) is 0 Å². The van der Waals surface area contributed by atoms with Crippen molar-refractivity contribution in [3.63, 3.8) is 0 Å². The largest absolute Gasteiger partial charge is 0.395 e. The molecule has 21 heavy (non-hydrogen) atoms. The molecule has 2 atom stereocenters. The Morgan fingerprint density at radius 2 is 2.05 bits per heavy atom. The van der Waals surface area contributed by atoms with Crippen molar-refractivity contribution in [2.24, 2.45) is 0 Å². The molecule has 0 aliphatic heterocycles. The Morgan fingerprint density at radius 3 is 2.48 bits per heavy atom. The first-order chi connectivity index (χ1) is 9.81. The van der Waals surface area contributed by atoms with Crippen molar-refractivity contribution in [1.82, 2.24) is 15.3 Å². The van der Waals surface area contributed by atoms with Gasteiger partial charge in [0, 0.05) is 17.2 Å². The van der Waals surface area contributed by atoms with Gasteiger partial charge in [0.2, 0.25) is 0 Å². The number of hydrogen-bond acceptors (Lipinski definition) is 5. The van der Waals surface area contributed by atoms with Crippen LogP contribution in [0.2, 0.25) is 0 Å². The summed E-state index contributed by atoms with van der Waals surface area (Å²) in [6, 6.07) is -0.249. The molecule has 1 aromatic rings. The maximum atomic E-state index is 12.3. The number of aromatic nitrogens is 2. The summed E-state index contributed by atoms with van der Waals surface area (Å²) in [5.41, 5.74) is 0.0153. The standard InChI is InChI=1S/C14H23N3O3S/c1-7(2)12-15-9(4)11(14(20)17-12)13(19)16-8(3)10(6-18)21-5/h7-8,10,18H,6H2,1-5H3,(H,16,19)(H,15,17,20). The fourth-order valence-corrected chi connectivity index (χ4v) is 2.58. The van der Waals surface area contributed by atoms with Gasteiger partial charge in [-0.25, -0.2) is 4.98 Å². The number of amides is 1. The third kappa shape index (κ3) is 4.31. The van der Waals surface area contributed by atoms with E-state index in [4.69, 9.17) is 0 Å². The number of H-pyrrole nitrogens is 1. The fraction of sp³-hybridized carbons (Fsp3) is 0.643. The molecule has 7 heteroatoms. The van der Waals surface area contributed by atoms with Gasteiger partial charge in [0.15, 0.2) is 0 Å². The van der Waals surface area contributed by atoms with Crippen molar-refractivity contribution in [2.75, 3.05) is 12.9 Å². The highest BCUT2D eigenvalue weighted by Crippen LogP contribution is 2.12. The first-order valence-electron chi connectivity index (χ1n) is 6.87. The number of rotatable bonds is 6. The smallest absolute Gasteiger partial charge is 0.264 e. The molecule has 6 nitrogen and oxygen atoms in total. The molecule has 1 aromatic heterocycles. The zero-order chi connectivity index (χ0) is 16.2. The number of thioether (sulfide) groups is 1. The maximum Gasteiger partial charge on any atom is 0.264 e. The van der Waals surface area contributed by atoms with Crippen LogP contribution in [0.1, 0.15) is 48.6 Å². The monoisotopic (exact) mass is 313 g/mol. The Balaban J connectivity index is 3.01. The van der Waals surface area contributed by atoms with E-state index in [-0.39, 0.29) is 29.4 Å². The number of hydrogen-bond donors (Lipinski definition) is 3. The number of aliphatic hydroxyl groups is 1. The van der Waals surface area contributed by atoms with Gasteiger partial charge in [0.25, 0.3) is 11.5 Å². The fourth-order valence-electron chi connectivity index (χ4n) is 1.96. The number of nitrogens with one attached hydrogen (secondary N) is 2. The van der Waals surface area contributed by atoms with Gasteiger partial charge >= 0.3 is 0 Å². The molecule has 0 radical (unpaired) electrons. The zero-order valence-electron chi connectivity index (χ0n) is 13.1. The van der Waals surface area contributed by atoms with Crippen LogP contribution in [0.25, 0.3) is 0 Å². The number of carbonyl (C=O) groups is 1. The SMILES string of the molecule is CSC(CO)C(C)NC(=O)c1c(C)nc(C(C)C)[nH]c1=O. The summed E-state index contributed by atoms with van der Waals surface area (Å²) in [5, 5.41) is 11.9. The molecule has 118 valence electrons. The van der Waals surface area contributed by atoms with Gasteiger partial charge in [0.1, 0.15) is 11.4 Å². The lowest BCUT2D eigenvalue weighted by molar-refractivity contribution is 0.0933. The van der Waals surface area contributed by atoms with Crippen LogP contribution in [0.5, 0.6) is 0 Å². The Labute approximate surface area is 128 Å². The van der Waals surface area contributed by atoms with Crippen LogP contribution in [-0.2, 0) is 0 Å². The van der Waals surface area contributed by atoms with Crippen molar-refractivity contribution in [3.05, 3.63) is 27.4 Å². The van der Waals surface area contributed by atoms with Crippen molar-refractivity contribution in [2.45, 2.75) is 44.9 Å². The van der Waals surface area contributed by atoms with E-state index >= 15 is 0 Å². The number of carbonyl (C=O) groups excluding carboxylic acids is 1. The van der Waals surface area contributed by atoms with Crippen molar-refractivity contribution < 1.29 is 9.90 Å². The van der Waals surface area contributed by atoms with E-state index in [1.54, 1.807) is 13.8 Å². The number of nitrogens with zero attached hydrogens (tertiary/aromatic N) is 1. The molecular formula is C14H23N3O3S. The summed E-state index contributed by atoms with van der Waals surface area (Å²) < 4.78 is 0. The van der Waals surface area contributed by atoms with Gasteiger partial charge in [-0.2, -0.15) is 11.8 Å². The molecule has 0 saturated heterocycles. The van der Waals surface area contributed by atoms with E-state index in [2.05, 4.69) is 15.3 Å². The van der Waals surface area contributed by atoms with Crippen molar-refractivity contribution in [3.8, 4) is 0 Å². The van der Waals surface area contributed by atoms with Gasteiger partial charge in [-0.05, 0) is 20.1 Å². The molecule has 0 saturated carbocycles. The molecule has 0 aromatic carbocycles. The number of aromatic amines is 1. The normalized spacial score (nSPS) is 14.0. The molecule has 0 aliphatic rings. The first-order valence-corrected chi connectivity index (χ1v) is 8.15. The Hall–Kier alpha value is -1.34. The van der Waals surface area contributed by atoms with E-state index in [9.17, 15) is 14.7 Å². The lowest BCUT2D eigenvalue weighted by Crippen LogP contribution is -2.43. The van der Waals surface area contributed by atoms with Crippen LogP contribution >= 0.6 is 11.8 Å². The zero-order valence-corrected chi connectivity index (χ0v) is 13.9. The maximum absolute atomic E-state index is 12.3. The van der Waals surface area contributed by atoms with Crippen LogP contribution < -0.4 is 10.9 Å². The molecule has 1 heterocycles. The molecule has 1 rings (SSSR count). The molecule has 0 bridgehead atoms. The predicted octanol–water partition coefficient (Wildman–Crippen LogP) is 1.04. The molecule has 0 aliphatic carbocycles. The van der Waals surface area contributed by atoms with E-state index in [1.165, 1.54) is 11.8 Å². The average Bonchev–Trinajstić information content (AvgIpc) is 2.38. The third-order valence-electron chi connectivity index (χ3n) is 3.29. The number of aliphatic hydroxyl groups excluding tert-OH is 1. The van der Waals surface area contributed by atoms with E-state index in [0.29, 0.717) is 11.5 Å². The summed E-state index contributed by atoms with van der Waals surface area (Å²) in [6.45, 7) is 7.25. The predicted molar refractivity (Wildman–Crippen MR) is 85.0 cm³/mol. The van der Waals surface area contributed by atoms with Gasteiger partial charge in [0.05, 0.1) is 12.3 Å². The summed E-state index contributed by atoms with van der Waals surface area (Å²) in [4.78, 5) is 31.3. The minimum atomic E-state index is -0.462. The van der Waals surface area contributed by atoms with Gasteiger partial charge in [-0.15, -0.1) is 0 Å². The second-order valence-electron chi connectivity index (χ2n) is 5.29. The van der Waals surface area contributed by atoms with Crippen LogP contribution in [0, 0.1) is 6.92 Å². The second-order valence-corrected chi connectivity index (χ2v) is 6.36. The molecule has 0 spiro atoms. The van der Waals surface area contributed by atoms with E-state index in [1.807, 2.05) is 20.1 Å². The molecule has 1 amide bonds. The third-order valence-corrected chi connectivity index (χ3v) is 4.45. The minimum absolute atomic E-state index is 0.0315. The molecule has 2 unspecified atom stereocenters. The molecular weight excluding hydrogens is 290 g/mol. The van der Waals surface area contributed by atoms with Crippen molar-refractivity contribution in [1.29, 1.82) is 0 Å². The van der Waals surface area contributed by atoms with Gasteiger partial charge < -0.3 is 15.4 Å². The molecule has 0 fully saturated rings. The second kappa shape index (κ2) is 7.61. The van der Waals surface area contributed by atoms with E-state index < -0.39 is 11.5 Å². The summed E-state index contributed by atoms with van der Waals surface area (Å²) >= 11 is 1.46. The van der Waals surface area contributed by atoms with E-state index in [0.717, 1.165) is 0 Å². The number of aryl methyl sites for hydroxylation is 1. The lowest BCUT2D eigenvalue weighted by atomic mass is 10.1. The quantitative estimate of drug-likeness (QED) is 0.729. The minimum Gasteiger partial charge on any atom is -0.395 e. The van der Waals surface area contributed by atoms with Crippen LogP contribution in [-0.4, -0.2) is 45.1 Å². The average molecular weight is 313 g/mol.